The van der Waals surface area contributed by atoms with Crippen molar-refractivity contribution in [1.82, 2.24) is 0 Å². The van der Waals surface area contributed by atoms with Gasteiger partial charge in [-0.05, 0) is 19.8 Å². The van der Waals surface area contributed by atoms with Crippen LogP contribution in [-0.4, -0.2) is 48.0 Å². The fourth-order valence-corrected chi connectivity index (χ4v) is 6.69. The van der Waals surface area contributed by atoms with Crippen molar-refractivity contribution in [2.75, 3.05) is 18.1 Å². The highest BCUT2D eigenvalue weighted by molar-refractivity contribution is 7.99. The van der Waals surface area contributed by atoms with Gasteiger partial charge in [-0.2, -0.15) is 11.8 Å². The van der Waals surface area contributed by atoms with E-state index in [0.29, 0.717) is 24.3 Å². The fourth-order valence-electron chi connectivity index (χ4n) is 5.64. The number of esters is 2. The molecule has 0 aliphatic rings. The summed E-state index contributed by atoms with van der Waals surface area (Å²) in [6, 6.07) is -0.537. The Morgan fingerprint density at radius 3 is 1.24 bits per heavy atom. The number of ketones is 1. The molecule has 7 heteroatoms. The average Bonchev–Trinajstić information content (AvgIpc) is 3.04. The third-order valence-electron chi connectivity index (χ3n) is 8.82. The Bertz CT molecular complexity index is 704. The highest BCUT2D eigenvalue weighted by atomic mass is 32.2. The Morgan fingerprint density at radius 2 is 0.870 bits per heavy atom. The van der Waals surface area contributed by atoms with Crippen molar-refractivity contribution in [3.8, 4) is 0 Å². The molecule has 0 aromatic heterocycles. The molecule has 0 fully saturated rings. The Hall–Kier alpha value is -1.08. The summed E-state index contributed by atoms with van der Waals surface area (Å²) in [6.45, 7) is 6.06. The number of hydrogen-bond donors (Lipinski definition) is 1. The summed E-state index contributed by atoms with van der Waals surface area (Å²) in [6.07, 6.45) is 33.1. The van der Waals surface area contributed by atoms with E-state index in [0.717, 1.165) is 38.5 Å². The first-order chi connectivity index (χ1) is 22.4. The van der Waals surface area contributed by atoms with Crippen LogP contribution in [0.4, 0.5) is 0 Å². The van der Waals surface area contributed by atoms with Gasteiger partial charge in [0.1, 0.15) is 18.5 Å². The molecule has 0 aliphatic carbocycles. The number of carbonyl (C=O) groups excluding carboxylic acids is 3. The molecule has 0 heterocycles. The van der Waals surface area contributed by atoms with E-state index in [4.69, 9.17) is 15.2 Å². The highest BCUT2D eigenvalue weighted by Gasteiger charge is 2.18. The molecule has 1 unspecified atom stereocenters. The van der Waals surface area contributed by atoms with Crippen molar-refractivity contribution >= 4 is 29.5 Å². The molecule has 0 rings (SSSR count). The molecular weight excluding hydrogens is 594 g/mol. The maximum atomic E-state index is 12.6. The number of hydrogen-bond acceptors (Lipinski definition) is 7. The first-order valence-corrected chi connectivity index (χ1v) is 20.7. The minimum absolute atomic E-state index is 0.0595. The molecule has 0 aromatic rings. The second-order valence-corrected chi connectivity index (χ2v) is 14.6. The monoisotopic (exact) mass is 670 g/mol. The van der Waals surface area contributed by atoms with Crippen LogP contribution in [-0.2, 0) is 23.9 Å². The fraction of sp³-hybridized carbons (Fsp3) is 0.923. The van der Waals surface area contributed by atoms with Crippen LogP contribution in [0.2, 0.25) is 0 Å². The van der Waals surface area contributed by atoms with Crippen LogP contribution in [0.5, 0.6) is 0 Å². The number of Topliss-reactive ketones (excluding diaryl/α,β-unsaturated/α-hetero) is 1. The van der Waals surface area contributed by atoms with Gasteiger partial charge >= 0.3 is 11.9 Å². The number of nitrogens with two attached hydrogens (primary N) is 1. The summed E-state index contributed by atoms with van der Waals surface area (Å²) in [5, 5.41) is 0. The molecule has 46 heavy (non-hydrogen) atoms. The van der Waals surface area contributed by atoms with Crippen molar-refractivity contribution in [1.29, 1.82) is 0 Å². The largest absolute Gasteiger partial charge is 0.462 e. The van der Waals surface area contributed by atoms with Gasteiger partial charge in [-0.1, -0.05) is 168 Å². The van der Waals surface area contributed by atoms with Crippen molar-refractivity contribution in [3.05, 3.63) is 0 Å². The molecule has 0 aromatic carbocycles. The summed E-state index contributed by atoms with van der Waals surface area (Å²) < 4.78 is 11.2. The van der Waals surface area contributed by atoms with Gasteiger partial charge in [0, 0.05) is 24.3 Å². The van der Waals surface area contributed by atoms with Crippen molar-refractivity contribution in [2.24, 2.45) is 5.73 Å². The van der Waals surface area contributed by atoms with E-state index >= 15 is 0 Å². The van der Waals surface area contributed by atoms with Gasteiger partial charge in [-0.25, -0.2) is 0 Å². The number of ether oxygens (including phenoxy) is 2. The average molecular weight is 670 g/mol. The van der Waals surface area contributed by atoms with E-state index in [-0.39, 0.29) is 24.3 Å². The maximum Gasteiger partial charge on any atom is 0.306 e. The Labute approximate surface area is 289 Å². The summed E-state index contributed by atoms with van der Waals surface area (Å²) in [7, 11) is 0. The zero-order chi connectivity index (χ0) is 33.9. The number of thioether (sulfide) groups is 1. The predicted molar refractivity (Wildman–Crippen MR) is 197 cm³/mol. The lowest BCUT2D eigenvalue weighted by atomic mass is 10.0. The first-order valence-electron chi connectivity index (χ1n) is 19.6. The Kier molecular flexibility index (Phi) is 34.4. The van der Waals surface area contributed by atoms with E-state index in [9.17, 15) is 14.4 Å². The smallest absolute Gasteiger partial charge is 0.306 e. The lowest BCUT2D eigenvalue weighted by Gasteiger charge is -2.18. The third-order valence-corrected chi connectivity index (χ3v) is 10.0. The Morgan fingerprint density at radius 1 is 0.522 bits per heavy atom. The second kappa shape index (κ2) is 35.2. The van der Waals surface area contributed by atoms with Gasteiger partial charge < -0.3 is 15.2 Å². The summed E-state index contributed by atoms with van der Waals surface area (Å²) in [5.41, 5.74) is 5.86. The van der Waals surface area contributed by atoms with Crippen molar-refractivity contribution < 1.29 is 23.9 Å². The van der Waals surface area contributed by atoms with E-state index in [1.165, 1.54) is 147 Å². The second-order valence-electron chi connectivity index (χ2n) is 13.5. The van der Waals surface area contributed by atoms with Crippen molar-refractivity contribution in [2.45, 2.75) is 213 Å². The zero-order valence-corrected chi connectivity index (χ0v) is 31.4. The molecule has 2 atom stereocenters. The topological polar surface area (TPSA) is 95.7 Å². The molecule has 0 saturated carbocycles. The number of carbonyl (C=O) groups is 3. The minimum atomic E-state index is -0.537. The predicted octanol–water partition coefficient (Wildman–Crippen LogP) is 11.1. The molecule has 0 bridgehead atoms. The van der Waals surface area contributed by atoms with E-state index < -0.39 is 12.1 Å². The van der Waals surface area contributed by atoms with Crippen LogP contribution in [0.3, 0.4) is 0 Å². The maximum absolute atomic E-state index is 12.6. The van der Waals surface area contributed by atoms with Gasteiger partial charge in [-0.15, -0.1) is 0 Å². The van der Waals surface area contributed by atoms with E-state index in [1.807, 2.05) is 0 Å². The zero-order valence-electron chi connectivity index (χ0n) is 30.6. The summed E-state index contributed by atoms with van der Waals surface area (Å²) in [4.78, 5) is 36.4. The molecule has 0 saturated heterocycles. The SMILES string of the molecule is CCCCCCCCCCCCCCCC(=O)OC[C@@H](CSCC(N)C(C)=O)OC(=O)CCCCCCCCCCCCCCC. The molecule has 0 aliphatic heterocycles. The lowest BCUT2D eigenvalue weighted by Crippen LogP contribution is -2.32. The lowest BCUT2D eigenvalue weighted by molar-refractivity contribution is -0.157. The van der Waals surface area contributed by atoms with Crippen LogP contribution in [0.25, 0.3) is 0 Å². The van der Waals surface area contributed by atoms with Gasteiger partial charge in [-0.3, -0.25) is 14.4 Å². The summed E-state index contributed by atoms with van der Waals surface area (Å²) >= 11 is 1.46. The number of rotatable bonds is 36. The van der Waals surface area contributed by atoms with Gasteiger partial charge in [0.15, 0.2) is 0 Å². The van der Waals surface area contributed by atoms with E-state index in [2.05, 4.69) is 13.8 Å². The molecule has 6 nitrogen and oxygen atoms in total. The van der Waals surface area contributed by atoms with E-state index in [1.54, 1.807) is 0 Å². The van der Waals surface area contributed by atoms with Crippen LogP contribution in [0.1, 0.15) is 201 Å². The quantitative estimate of drug-likeness (QED) is 0.0524. The Balaban J connectivity index is 4.06. The molecule has 272 valence electrons. The molecule has 0 spiro atoms. The molecule has 0 amide bonds. The minimum Gasteiger partial charge on any atom is -0.462 e. The van der Waals surface area contributed by atoms with Gasteiger partial charge in [0.25, 0.3) is 0 Å². The van der Waals surface area contributed by atoms with Gasteiger partial charge in [0.05, 0.1) is 6.04 Å². The summed E-state index contributed by atoms with van der Waals surface area (Å²) in [5.74, 6) is 0.378. The van der Waals surface area contributed by atoms with Crippen LogP contribution in [0.15, 0.2) is 0 Å². The van der Waals surface area contributed by atoms with Crippen LogP contribution in [0, 0.1) is 0 Å². The standard InChI is InChI=1S/C39H75NO5S/c1-4-6-8-10-12-14-16-18-20-22-24-26-28-30-38(42)44-32-36(33-46-34-37(40)35(3)41)45-39(43)31-29-27-25-23-21-19-17-15-13-11-9-7-5-2/h36-37H,4-34,40H2,1-3H3/t36-,37?/m0/s1. The highest BCUT2D eigenvalue weighted by Crippen LogP contribution is 2.16. The first kappa shape index (κ1) is 44.9. The normalized spacial score (nSPS) is 12.6. The number of unbranched alkanes of at least 4 members (excludes halogenated alkanes) is 24. The molecular formula is C39H75NO5S. The van der Waals surface area contributed by atoms with Crippen LogP contribution < -0.4 is 5.73 Å². The third kappa shape index (κ3) is 32.8. The van der Waals surface area contributed by atoms with Crippen molar-refractivity contribution in [3.63, 3.8) is 0 Å². The van der Waals surface area contributed by atoms with Gasteiger partial charge in [0.2, 0.25) is 0 Å². The molecule has 0 radical (unpaired) electrons. The molecule has 2 N–H and O–H groups in total. The van der Waals surface area contributed by atoms with Crippen LogP contribution >= 0.6 is 11.8 Å².